The Morgan fingerprint density at radius 3 is 3.18 bits per heavy atom. The molecule has 0 aliphatic carbocycles. The van der Waals surface area contributed by atoms with Crippen LogP contribution in [0.3, 0.4) is 0 Å². The van der Waals surface area contributed by atoms with Gasteiger partial charge in [0.1, 0.15) is 6.17 Å². The molecule has 2 aliphatic heterocycles. The van der Waals surface area contributed by atoms with Gasteiger partial charge >= 0.3 is 0 Å². The second-order valence-corrected chi connectivity index (χ2v) is 5.44. The highest BCUT2D eigenvalue weighted by Gasteiger charge is 2.49. The number of carbonyl (C=O) groups excluding carboxylic acids is 2. The first kappa shape index (κ1) is 14.9. The Labute approximate surface area is 127 Å². The van der Waals surface area contributed by atoms with Gasteiger partial charge in [-0.3, -0.25) is 29.9 Å². The van der Waals surface area contributed by atoms with Gasteiger partial charge in [-0.1, -0.05) is 6.07 Å². The maximum Gasteiger partial charge on any atom is 0.251 e. The molecule has 2 amide bonds. The number of piperidine rings is 1. The fourth-order valence-electron chi connectivity index (χ4n) is 2.85. The summed E-state index contributed by atoms with van der Waals surface area (Å²) >= 11 is 0. The van der Waals surface area contributed by atoms with Gasteiger partial charge in [0.05, 0.1) is 18.4 Å². The third kappa shape index (κ3) is 2.94. The van der Waals surface area contributed by atoms with Gasteiger partial charge in [0.15, 0.2) is 0 Å². The summed E-state index contributed by atoms with van der Waals surface area (Å²) in [7, 11) is 0. The molecular formula is C14H18N4O4. The van der Waals surface area contributed by atoms with Crippen molar-refractivity contribution < 1.29 is 19.6 Å². The van der Waals surface area contributed by atoms with E-state index in [-0.39, 0.29) is 12.1 Å². The quantitative estimate of drug-likeness (QED) is 0.383. The standard InChI is InChI=1S/C14H18N4O4/c19-13(17-22-6-4-9-3-1-2-5-15-9)11-8-16-12-7-10(11)14(20)18(12)21/h1-3,5,10-12,16,21H,4,6-8H2,(H,17,19)/t10?,11-,12-/m1/s1. The first-order chi connectivity index (χ1) is 10.7. The van der Waals surface area contributed by atoms with Crippen LogP contribution in [-0.4, -0.2) is 46.4 Å². The zero-order valence-corrected chi connectivity index (χ0v) is 11.9. The van der Waals surface area contributed by atoms with E-state index in [1.54, 1.807) is 6.20 Å². The monoisotopic (exact) mass is 306 g/mol. The van der Waals surface area contributed by atoms with Crippen molar-refractivity contribution >= 4 is 11.8 Å². The minimum Gasteiger partial charge on any atom is -0.294 e. The van der Waals surface area contributed by atoms with E-state index in [1.165, 1.54) is 0 Å². The summed E-state index contributed by atoms with van der Waals surface area (Å²) in [5.41, 5.74) is 3.26. The fourth-order valence-corrected chi connectivity index (χ4v) is 2.85. The van der Waals surface area contributed by atoms with E-state index >= 15 is 0 Å². The molecule has 22 heavy (non-hydrogen) atoms. The minimum atomic E-state index is -0.532. The largest absolute Gasteiger partial charge is 0.294 e. The molecule has 1 aromatic heterocycles. The Balaban J connectivity index is 1.45. The highest BCUT2D eigenvalue weighted by atomic mass is 16.6. The molecule has 3 heterocycles. The van der Waals surface area contributed by atoms with E-state index in [9.17, 15) is 14.8 Å². The Bertz CT molecular complexity index is 553. The number of aromatic nitrogens is 1. The summed E-state index contributed by atoms with van der Waals surface area (Å²) in [6.45, 7) is 0.643. The number of amides is 2. The Morgan fingerprint density at radius 1 is 1.55 bits per heavy atom. The summed E-state index contributed by atoms with van der Waals surface area (Å²) in [6.07, 6.45) is 2.33. The summed E-state index contributed by atoms with van der Waals surface area (Å²) < 4.78 is 0. The van der Waals surface area contributed by atoms with Crippen molar-refractivity contribution in [2.45, 2.75) is 19.0 Å². The van der Waals surface area contributed by atoms with Crippen LogP contribution in [0.15, 0.2) is 24.4 Å². The molecule has 3 atom stereocenters. The van der Waals surface area contributed by atoms with E-state index in [1.807, 2.05) is 18.2 Å². The molecule has 0 saturated carbocycles. The van der Waals surface area contributed by atoms with Crippen molar-refractivity contribution in [1.82, 2.24) is 20.8 Å². The lowest BCUT2D eigenvalue weighted by molar-refractivity contribution is -0.168. The molecule has 0 aromatic carbocycles. The Hall–Kier alpha value is -2.03. The van der Waals surface area contributed by atoms with Crippen LogP contribution >= 0.6 is 0 Å². The second kappa shape index (κ2) is 6.39. The van der Waals surface area contributed by atoms with Crippen molar-refractivity contribution in [2.75, 3.05) is 13.2 Å². The van der Waals surface area contributed by atoms with Crippen LogP contribution in [0.1, 0.15) is 12.1 Å². The van der Waals surface area contributed by atoms with Crippen molar-refractivity contribution in [1.29, 1.82) is 0 Å². The molecule has 3 N–H and O–H groups in total. The maximum atomic E-state index is 12.1. The topological polar surface area (TPSA) is 104 Å². The van der Waals surface area contributed by atoms with Gasteiger partial charge in [-0.05, 0) is 18.6 Å². The third-order valence-electron chi connectivity index (χ3n) is 4.07. The SMILES string of the molecule is O=C(NOCCc1ccccn1)[C@@H]1CN[C@H]2CC1C(=O)N2O. The smallest absolute Gasteiger partial charge is 0.251 e. The lowest BCUT2D eigenvalue weighted by Gasteiger charge is -2.26. The Kier molecular flexibility index (Phi) is 4.32. The number of hydroxylamine groups is 3. The van der Waals surface area contributed by atoms with Gasteiger partial charge in [-0.2, -0.15) is 0 Å². The molecule has 2 aliphatic rings. The van der Waals surface area contributed by atoms with Crippen LogP contribution in [-0.2, 0) is 20.8 Å². The van der Waals surface area contributed by atoms with Crippen LogP contribution in [0.5, 0.6) is 0 Å². The molecule has 8 nitrogen and oxygen atoms in total. The highest BCUT2D eigenvalue weighted by molar-refractivity contribution is 5.89. The van der Waals surface area contributed by atoms with Gasteiger partial charge in [-0.25, -0.2) is 10.5 Å². The summed E-state index contributed by atoms with van der Waals surface area (Å²) in [5.74, 6) is -1.78. The fraction of sp³-hybridized carbons (Fsp3) is 0.500. The second-order valence-electron chi connectivity index (χ2n) is 5.44. The van der Waals surface area contributed by atoms with Crippen LogP contribution in [0.2, 0.25) is 0 Å². The number of rotatable bonds is 5. The van der Waals surface area contributed by atoms with E-state index in [2.05, 4.69) is 15.8 Å². The van der Waals surface area contributed by atoms with Crippen LogP contribution < -0.4 is 10.8 Å². The molecule has 118 valence electrons. The van der Waals surface area contributed by atoms with Crippen LogP contribution in [0.25, 0.3) is 0 Å². The minimum absolute atomic E-state index is 0.302. The first-order valence-electron chi connectivity index (χ1n) is 7.23. The average molecular weight is 306 g/mol. The van der Waals surface area contributed by atoms with Crippen LogP contribution in [0.4, 0.5) is 0 Å². The summed E-state index contributed by atoms with van der Waals surface area (Å²) in [5, 5.41) is 13.2. The number of nitrogens with zero attached hydrogens (tertiary/aromatic N) is 2. The summed E-state index contributed by atoms with van der Waals surface area (Å²) in [4.78, 5) is 33.2. The van der Waals surface area contributed by atoms with Gasteiger partial charge in [0, 0.05) is 24.9 Å². The molecule has 8 heteroatoms. The third-order valence-corrected chi connectivity index (χ3v) is 4.07. The van der Waals surface area contributed by atoms with E-state index in [0.717, 1.165) is 5.69 Å². The number of fused-ring (bicyclic) bond motifs is 2. The molecule has 0 spiro atoms. The zero-order valence-electron chi connectivity index (χ0n) is 11.9. The zero-order chi connectivity index (χ0) is 15.5. The maximum absolute atomic E-state index is 12.1. The molecule has 1 aromatic rings. The number of nitrogens with one attached hydrogen (secondary N) is 2. The predicted molar refractivity (Wildman–Crippen MR) is 74.1 cm³/mol. The van der Waals surface area contributed by atoms with Gasteiger partial charge in [0.25, 0.3) is 5.91 Å². The van der Waals surface area contributed by atoms with E-state index < -0.39 is 17.7 Å². The lowest BCUT2D eigenvalue weighted by Crippen LogP contribution is -2.48. The molecule has 2 saturated heterocycles. The van der Waals surface area contributed by atoms with Gasteiger partial charge in [0.2, 0.25) is 5.91 Å². The van der Waals surface area contributed by atoms with E-state index in [4.69, 9.17) is 4.84 Å². The molecule has 3 rings (SSSR count). The van der Waals surface area contributed by atoms with Gasteiger partial charge < -0.3 is 0 Å². The van der Waals surface area contributed by atoms with Gasteiger partial charge in [-0.15, -0.1) is 0 Å². The predicted octanol–water partition coefficient (Wildman–Crippen LogP) is -0.545. The summed E-state index contributed by atoms with van der Waals surface area (Å²) in [6, 6.07) is 5.60. The molecule has 1 unspecified atom stereocenters. The number of hydrogen-bond donors (Lipinski definition) is 3. The lowest BCUT2D eigenvalue weighted by atomic mass is 9.87. The highest BCUT2D eigenvalue weighted by Crippen LogP contribution is 2.32. The van der Waals surface area contributed by atoms with E-state index in [0.29, 0.717) is 31.1 Å². The molecule has 2 fully saturated rings. The molecule has 2 bridgehead atoms. The Morgan fingerprint density at radius 2 is 2.41 bits per heavy atom. The average Bonchev–Trinajstić information content (AvgIpc) is 2.77. The van der Waals surface area contributed by atoms with Crippen molar-refractivity contribution in [2.24, 2.45) is 11.8 Å². The molecule has 0 radical (unpaired) electrons. The first-order valence-corrected chi connectivity index (χ1v) is 7.23. The number of carbonyl (C=O) groups is 2. The van der Waals surface area contributed by atoms with Crippen molar-refractivity contribution in [3.05, 3.63) is 30.1 Å². The number of hydrogen-bond acceptors (Lipinski definition) is 6. The number of pyridine rings is 1. The van der Waals surface area contributed by atoms with Crippen molar-refractivity contribution in [3.63, 3.8) is 0 Å². The van der Waals surface area contributed by atoms with Crippen LogP contribution in [0, 0.1) is 11.8 Å². The van der Waals surface area contributed by atoms with Crippen molar-refractivity contribution in [3.8, 4) is 0 Å². The normalized spacial score (nSPS) is 27.0. The molecular weight excluding hydrogens is 288 g/mol.